The largest absolute Gasteiger partial charge is 0.497 e. The van der Waals surface area contributed by atoms with Crippen molar-refractivity contribution in [3.8, 4) is 5.75 Å². The molecule has 0 unspecified atom stereocenters. The first-order valence-electron chi connectivity index (χ1n) is 3.73. The highest BCUT2D eigenvalue weighted by Crippen LogP contribution is 2.22. The summed E-state index contributed by atoms with van der Waals surface area (Å²) in [4.78, 5) is 10.2. The molecule has 0 aromatic heterocycles. The summed E-state index contributed by atoms with van der Waals surface area (Å²) >= 11 is 5.81. The Morgan fingerprint density at radius 2 is 2.31 bits per heavy atom. The minimum atomic E-state index is 0.411. The van der Waals surface area contributed by atoms with Crippen LogP contribution in [0.2, 0.25) is 0 Å². The Labute approximate surface area is 81.8 Å². The zero-order valence-electron chi connectivity index (χ0n) is 7.16. The van der Waals surface area contributed by atoms with Gasteiger partial charge >= 0.3 is 0 Å². The summed E-state index contributed by atoms with van der Waals surface area (Å²) in [5, 5.41) is 0.411. The van der Waals surface area contributed by atoms with E-state index in [-0.39, 0.29) is 0 Å². The average molecular weight is 197 g/mol. The maximum atomic E-state index is 10.2. The third kappa shape index (κ3) is 2.60. The molecule has 0 atom stereocenters. The maximum Gasteiger partial charge on any atom is 0.144 e. The summed E-state index contributed by atoms with van der Waals surface area (Å²) in [6, 6.07) is 7.21. The highest BCUT2D eigenvalue weighted by Gasteiger charge is 1.98. The fourth-order valence-corrected chi connectivity index (χ4v) is 1.10. The Kier molecular flexibility index (Phi) is 3.53. The van der Waals surface area contributed by atoms with Crippen LogP contribution >= 0.6 is 11.6 Å². The van der Waals surface area contributed by atoms with Gasteiger partial charge in [-0.25, -0.2) is 0 Å². The van der Waals surface area contributed by atoms with Gasteiger partial charge in [0.2, 0.25) is 0 Å². The van der Waals surface area contributed by atoms with E-state index in [0.29, 0.717) is 11.3 Å². The Morgan fingerprint density at radius 1 is 1.54 bits per heavy atom. The molecule has 0 heterocycles. The summed E-state index contributed by atoms with van der Waals surface area (Å²) in [6.07, 6.45) is 1.96. The lowest BCUT2D eigenvalue weighted by atomic mass is 10.2. The smallest absolute Gasteiger partial charge is 0.144 e. The summed E-state index contributed by atoms with van der Waals surface area (Å²) in [7, 11) is 1.58. The number of methoxy groups -OCH3 is 1. The van der Waals surface area contributed by atoms with Crippen LogP contribution in [0.1, 0.15) is 5.56 Å². The Hall–Kier alpha value is -1.28. The Balaban J connectivity index is 3.01. The third-order valence-electron chi connectivity index (χ3n) is 1.56. The lowest BCUT2D eigenvalue weighted by molar-refractivity contribution is -0.104. The van der Waals surface area contributed by atoms with Gasteiger partial charge in [-0.1, -0.05) is 23.7 Å². The Bertz CT molecular complexity index is 331. The molecule has 2 nitrogen and oxygen atoms in total. The van der Waals surface area contributed by atoms with Gasteiger partial charge in [0.15, 0.2) is 0 Å². The molecule has 3 heteroatoms. The fraction of sp³-hybridized carbons (Fsp3) is 0.100. The van der Waals surface area contributed by atoms with E-state index in [1.54, 1.807) is 13.2 Å². The van der Waals surface area contributed by atoms with Crippen molar-refractivity contribution in [1.29, 1.82) is 0 Å². The van der Waals surface area contributed by atoms with Crippen LogP contribution in [-0.2, 0) is 4.79 Å². The zero-order valence-corrected chi connectivity index (χ0v) is 7.91. The number of carbonyl (C=O) groups is 1. The van der Waals surface area contributed by atoms with Crippen molar-refractivity contribution in [2.45, 2.75) is 0 Å². The lowest BCUT2D eigenvalue weighted by Crippen LogP contribution is -1.84. The molecule has 0 aliphatic heterocycles. The van der Waals surface area contributed by atoms with Crippen LogP contribution in [0.4, 0.5) is 0 Å². The first kappa shape index (κ1) is 9.81. The SMILES string of the molecule is COc1cccc(C(Cl)=CC=O)c1. The number of ether oxygens (including phenoxy) is 1. The van der Waals surface area contributed by atoms with Crippen LogP contribution in [0.15, 0.2) is 30.3 Å². The first-order valence-corrected chi connectivity index (χ1v) is 4.11. The molecule has 0 saturated carbocycles. The molecule has 0 radical (unpaired) electrons. The number of carbonyl (C=O) groups excluding carboxylic acids is 1. The van der Waals surface area contributed by atoms with E-state index in [4.69, 9.17) is 16.3 Å². The second-order valence-electron chi connectivity index (χ2n) is 2.38. The molecule has 0 aliphatic rings. The molecule has 0 bridgehead atoms. The van der Waals surface area contributed by atoms with E-state index < -0.39 is 0 Å². The van der Waals surface area contributed by atoms with Gasteiger partial charge < -0.3 is 4.74 Å². The molecule has 68 valence electrons. The van der Waals surface area contributed by atoms with E-state index in [1.165, 1.54) is 6.08 Å². The zero-order chi connectivity index (χ0) is 9.68. The van der Waals surface area contributed by atoms with Crippen LogP contribution in [0.5, 0.6) is 5.75 Å². The molecule has 0 amide bonds. The normalized spacial score (nSPS) is 11.1. The van der Waals surface area contributed by atoms with Gasteiger partial charge in [0.1, 0.15) is 12.0 Å². The van der Waals surface area contributed by atoms with Crippen molar-refractivity contribution < 1.29 is 9.53 Å². The molecule has 0 saturated heterocycles. The molecular formula is C10H9ClO2. The predicted octanol–water partition coefficient (Wildman–Crippen LogP) is 2.47. The Morgan fingerprint density at radius 3 is 2.92 bits per heavy atom. The molecule has 0 fully saturated rings. The van der Waals surface area contributed by atoms with Crippen LogP contribution in [0.3, 0.4) is 0 Å². The van der Waals surface area contributed by atoms with Crippen molar-refractivity contribution in [2.24, 2.45) is 0 Å². The summed E-state index contributed by atoms with van der Waals surface area (Å²) in [6.45, 7) is 0. The van der Waals surface area contributed by atoms with E-state index in [2.05, 4.69) is 0 Å². The number of benzene rings is 1. The minimum Gasteiger partial charge on any atom is -0.497 e. The molecule has 1 aromatic rings. The summed E-state index contributed by atoms with van der Waals surface area (Å²) in [5.41, 5.74) is 0.771. The van der Waals surface area contributed by atoms with Crippen LogP contribution in [0.25, 0.3) is 5.03 Å². The number of rotatable bonds is 3. The van der Waals surface area contributed by atoms with E-state index in [0.717, 1.165) is 11.3 Å². The number of hydrogen-bond donors (Lipinski definition) is 0. The molecule has 1 rings (SSSR count). The maximum absolute atomic E-state index is 10.2. The minimum absolute atomic E-state index is 0.411. The molecule has 0 spiro atoms. The van der Waals surface area contributed by atoms with Gasteiger partial charge in [-0.2, -0.15) is 0 Å². The van der Waals surface area contributed by atoms with Gasteiger partial charge in [-0.3, -0.25) is 4.79 Å². The number of allylic oxidation sites excluding steroid dienone is 1. The van der Waals surface area contributed by atoms with Crippen LogP contribution < -0.4 is 4.74 Å². The third-order valence-corrected chi connectivity index (χ3v) is 1.90. The van der Waals surface area contributed by atoms with Crippen molar-refractivity contribution in [3.05, 3.63) is 35.9 Å². The van der Waals surface area contributed by atoms with Crippen molar-refractivity contribution in [3.63, 3.8) is 0 Å². The van der Waals surface area contributed by atoms with E-state index in [1.807, 2.05) is 18.2 Å². The predicted molar refractivity (Wildman–Crippen MR) is 52.9 cm³/mol. The highest BCUT2D eigenvalue weighted by molar-refractivity contribution is 6.49. The summed E-state index contributed by atoms with van der Waals surface area (Å²) in [5.74, 6) is 0.718. The molecule has 0 N–H and O–H groups in total. The van der Waals surface area contributed by atoms with E-state index >= 15 is 0 Å². The van der Waals surface area contributed by atoms with Gasteiger partial charge in [-0.15, -0.1) is 0 Å². The quantitative estimate of drug-likeness (QED) is 0.549. The molecule has 0 aliphatic carbocycles. The number of halogens is 1. The van der Waals surface area contributed by atoms with Gasteiger partial charge in [0.25, 0.3) is 0 Å². The topological polar surface area (TPSA) is 26.3 Å². The van der Waals surface area contributed by atoms with Gasteiger partial charge in [-0.05, 0) is 23.8 Å². The van der Waals surface area contributed by atoms with Crippen molar-refractivity contribution in [2.75, 3.05) is 7.11 Å². The van der Waals surface area contributed by atoms with Crippen molar-refractivity contribution in [1.82, 2.24) is 0 Å². The molecule has 1 aromatic carbocycles. The average Bonchev–Trinajstić information content (AvgIpc) is 2.18. The highest BCUT2D eigenvalue weighted by atomic mass is 35.5. The van der Waals surface area contributed by atoms with Crippen LogP contribution in [0, 0.1) is 0 Å². The first-order chi connectivity index (χ1) is 6.27. The number of hydrogen-bond acceptors (Lipinski definition) is 2. The second-order valence-corrected chi connectivity index (χ2v) is 2.79. The summed E-state index contributed by atoms with van der Waals surface area (Å²) < 4.78 is 5.01. The van der Waals surface area contributed by atoms with Crippen molar-refractivity contribution >= 4 is 22.9 Å². The standard InChI is InChI=1S/C10H9ClO2/c1-13-9-4-2-3-8(7-9)10(11)5-6-12/h2-7H,1H3. The molecular weight excluding hydrogens is 188 g/mol. The van der Waals surface area contributed by atoms with Crippen LogP contribution in [-0.4, -0.2) is 13.4 Å². The van der Waals surface area contributed by atoms with Gasteiger partial charge in [0.05, 0.1) is 12.1 Å². The number of aldehydes is 1. The lowest BCUT2D eigenvalue weighted by Gasteiger charge is -2.01. The van der Waals surface area contributed by atoms with Gasteiger partial charge in [0, 0.05) is 0 Å². The van der Waals surface area contributed by atoms with E-state index in [9.17, 15) is 4.79 Å². The fourth-order valence-electron chi connectivity index (χ4n) is 0.928. The second kappa shape index (κ2) is 4.67. The monoisotopic (exact) mass is 196 g/mol. The molecule has 13 heavy (non-hydrogen) atoms.